The molecule has 29 heavy (non-hydrogen) atoms. The third kappa shape index (κ3) is 2.91. The molecule has 0 spiro atoms. The second-order valence-electron chi connectivity index (χ2n) is 7.07. The Balaban J connectivity index is 1.78. The maximum absolute atomic E-state index is 9.09. The van der Waals surface area contributed by atoms with E-state index in [1.807, 2.05) is 33.6 Å². The van der Waals surface area contributed by atoms with Crippen LogP contribution in [0.25, 0.3) is 28.3 Å². The lowest BCUT2D eigenvalue weighted by atomic mass is 10.00. The van der Waals surface area contributed by atoms with Crippen molar-refractivity contribution >= 4 is 11.6 Å². The average Bonchev–Trinajstić information content (AvgIpc) is 3.30. The van der Waals surface area contributed by atoms with Crippen molar-refractivity contribution in [1.29, 1.82) is 5.26 Å². The quantitative estimate of drug-likeness (QED) is 0.478. The molecule has 0 fully saturated rings. The Morgan fingerprint density at radius 2 is 2.03 bits per heavy atom. The highest BCUT2D eigenvalue weighted by Gasteiger charge is 2.28. The number of pyridine rings is 1. The van der Waals surface area contributed by atoms with Crippen molar-refractivity contribution in [3.8, 4) is 34.4 Å². The van der Waals surface area contributed by atoms with Crippen molar-refractivity contribution in [1.82, 2.24) is 24.5 Å². The molecular weight excluding hydrogens is 384 g/mol. The van der Waals surface area contributed by atoms with Gasteiger partial charge in [-0.2, -0.15) is 15.5 Å². The van der Waals surface area contributed by atoms with E-state index in [9.17, 15) is 0 Å². The van der Waals surface area contributed by atoms with Gasteiger partial charge in [0.15, 0.2) is 0 Å². The summed E-state index contributed by atoms with van der Waals surface area (Å²) in [7, 11) is 0. The van der Waals surface area contributed by atoms with Gasteiger partial charge >= 0.3 is 0 Å². The van der Waals surface area contributed by atoms with Crippen LogP contribution < -0.4 is 0 Å². The van der Waals surface area contributed by atoms with E-state index >= 15 is 0 Å². The lowest BCUT2D eigenvalue weighted by Gasteiger charge is -2.17. The van der Waals surface area contributed by atoms with Crippen LogP contribution in [-0.4, -0.2) is 24.5 Å². The maximum Gasteiger partial charge on any atom is 0.129 e. The largest absolute Gasteiger partial charge is 0.263 e. The van der Waals surface area contributed by atoms with Crippen molar-refractivity contribution in [3.05, 3.63) is 70.6 Å². The first-order chi connectivity index (χ1) is 14.2. The summed E-state index contributed by atoms with van der Waals surface area (Å²) in [6, 6.07) is 16.1. The molecule has 0 amide bonds. The van der Waals surface area contributed by atoms with Crippen molar-refractivity contribution in [2.75, 3.05) is 0 Å². The summed E-state index contributed by atoms with van der Waals surface area (Å²) in [5.74, 6) is 0. The van der Waals surface area contributed by atoms with Crippen molar-refractivity contribution < 1.29 is 0 Å². The first-order valence-corrected chi connectivity index (χ1v) is 9.77. The van der Waals surface area contributed by atoms with E-state index in [0.29, 0.717) is 11.6 Å². The molecule has 7 heteroatoms. The fourth-order valence-corrected chi connectivity index (χ4v) is 4.00. The van der Waals surface area contributed by atoms with Gasteiger partial charge in [-0.1, -0.05) is 29.8 Å². The van der Waals surface area contributed by atoms with Crippen LogP contribution in [0.2, 0.25) is 5.15 Å². The number of hydrogen-bond acceptors (Lipinski definition) is 4. The smallest absolute Gasteiger partial charge is 0.129 e. The highest BCUT2D eigenvalue weighted by molar-refractivity contribution is 6.29. The number of rotatable bonds is 3. The molecule has 0 aliphatic carbocycles. The molecule has 142 valence electrons. The number of para-hydroxylation sites is 1. The van der Waals surface area contributed by atoms with Crippen LogP contribution in [0.3, 0.4) is 0 Å². The van der Waals surface area contributed by atoms with Crippen LogP contribution in [0.5, 0.6) is 0 Å². The molecule has 1 aliphatic rings. The summed E-state index contributed by atoms with van der Waals surface area (Å²) in [6.45, 7) is 2.83. The summed E-state index contributed by atoms with van der Waals surface area (Å²) >= 11 is 5.99. The van der Waals surface area contributed by atoms with E-state index in [4.69, 9.17) is 22.0 Å². The molecule has 0 bridgehead atoms. The highest BCUT2D eigenvalue weighted by atomic mass is 35.5. The molecule has 1 aromatic carbocycles. The molecule has 0 radical (unpaired) electrons. The van der Waals surface area contributed by atoms with E-state index in [0.717, 1.165) is 58.1 Å². The Morgan fingerprint density at radius 1 is 1.17 bits per heavy atom. The maximum atomic E-state index is 9.09. The molecule has 4 aromatic rings. The van der Waals surface area contributed by atoms with Gasteiger partial charge in [0.25, 0.3) is 0 Å². The van der Waals surface area contributed by atoms with Crippen molar-refractivity contribution in [2.45, 2.75) is 26.3 Å². The molecule has 0 unspecified atom stereocenters. The number of nitriles is 1. The molecule has 3 aromatic heterocycles. The molecule has 0 atom stereocenters. The number of aromatic nitrogens is 5. The highest BCUT2D eigenvalue weighted by Crippen LogP contribution is 2.38. The summed E-state index contributed by atoms with van der Waals surface area (Å²) < 4.78 is 3.98. The van der Waals surface area contributed by atoms with E-state index in [2.05, 4.69) is 35.2 Å². The molecule has 1 aliphatic heterocycles. The fourth-order valence-electron chi connectivity index (χ4n) is 3.89. The third-order valence-corrected chi connectivity index (χ3v) is 5.46. The summed E-state index contributed by atoms with van der Waals surface area (Å²) in [6.07, 6.45) is 2.86. The van der Waals surface area contributed by atoms with Gasteiger partial charge in [-0.05, 0) is 43.2 Å². The Bertz CT molecular complexity index is 1260. The molecular formula is C22H17ClN6. The zero-order chi connectivity index (χ0) is 20.0. The third-order valence-electron chi connectivity index (χ3n) is 5.23. The first kappa shape index (κ1) is 17.7. The predicted octanol–water partition coefficient (Wildman–Crippen LogP) is 4.38. The lowest BCUT2D eigenvalue weighted by Crippen LogP contribution is -2.14. The summed E-state index contributed by atoms with van der Waals surface area (Å²) in [5, 5.41) is 19.2. The van der Waals surface area contributed by atoms with Crippen LogP contribution in [0.4, 0.5) is 0 Å². The van der Waals surface area contributed by atoms with Crippen LogP contribution in [0.15, 0.2) is 48.7 Å². The van der Waals surface area contributed by atoms with Gasteiger partial charge < -0.3 is 0 Å². The van der Waals surface area contributed by atoms with Gasteiger partial charge in [-0.25, -0.2) is 9.67 Å². The van der Waals surface area contributed by atoms with Gasteiger partial charge in [-0.3, -0.25) is 4.68 Å². The van der Waals surface area contributed by atoms with E-state index < -0.39 is 0 Å². The molecule has 5 rings (SSSR count). The molecule has 0 N–H and O–H groups in total. The molecule has 0 saturated heterocycles. The van der Waals surface area contributed by atoms with Crippen LogP contribution >= 0.6 is 11.6 Å². The number of benzene rings is 1. The minimum absolute atomic E-state index is 0.293. The summed E-state index contributed by atoms with van der Waals surface area (Å²) in [4.78, 5) is 4.24. The second kappa shape index (κ2) is 6.87. The lowest BCUT2D eigenvalue weighted by molar-refractivity contribution is 0.598. The number of hydrogen-bond donors (Lipinski definition) is 0. The van der Waals surface area contributed by atoms with Crippen molar-refractivity contribution in [2.24, 2.45) is 0 Å². The Morgan fingerprint density at radius 3 is 2.79 bits per heavy atom. The van der Waals surface area contributed by atoms with E-state index in [-0.39, 0.29) is 0 Å². The number of halogens is 1. The predicted molar refractivity (Wildman–Crippen MR) is 111 cm³/mol. The van der Waals surface area contributed by atoms with E-state index in [1.54, 1.807) is 12.3 Å². The zero-order valence-corrected chi connectivity index (χ0v) is 16.6. The summed E-state index contributed by atoms with van der Waals surface area (Å²) in [5.41, 5.74) is 7.94. The van der Waals surface area contributed by atoms with Crippen LogP contribution in [0, 0.1) is 18.3 Å². The Labute approximate surface area is 173 Å². The topological polar surface area (TPSA) is 72.3 Å². The van der Waals surface area contributed by atoms with Gasteiger partial charge in [0, 0.05) is 23.9 Å². The molecule has 4 heterocycles. The number of fused-ring (bicyclic) bond motifs is 3. The fraction of sp³-hybridized carbons (Fsp3) is 0.182. The van der Waals surface area contributed by atoms with Gasteiger partial charge in [-0.15, -0.1) is 0 Å². The Kier molecular flexibility index (Phi) is 4.18. The second-order valence-corrected chi connectivity index (χ2v) is 7.46. The van der Waals surface area contributed by atoms with E-state index in [1.165, 1.54) is 0 Å². The van der Waals surface area contributed by atoms with Crippen molar-refractivity contribution in [3.63, 3.8) is 0 Å². The minimum Gasteiger partial charge on any atom is -0.263 e. The normalized spacial score (nSPS) is 12.3. The Hall–Kier alpha value is -3.43. The van der Waals surface area contributed by atoms with Crippen LogP contribution in [-0.2, 0) is 19.4 Å². The minimum atomic E-state index is 0.293. The standard InChI is InChI=1S/C22H17ClN6/c1-14-4-2-3-5-18(14)29-22-17(21(27-29)15-6-7-20(23)25-13-15)9-11-28-19(22)12-16(26-28)8-10-24/h2-7,12-13H,8-9,11H2,1H3. The first-order valence-electron chi connectivity index (χ1n) is 9.39. The zero-order valence-electron chi connectivity index (χ0n) is 15.8. The molecule has 6 nitrogen and oxygen atoms in total. The average molecular weight is 401 g/mol. The monoisotopic (exact) mass is 400 g/mol. The van der Waals surface area contributed by atoms with Gasteiger partial charge in [0.1, 0.15) is 5.15 Å². The van der Waals surface area contributed by atoms with Gasteiger partial charge in [0.05, 0.1) is 41.0 Å². The van der Waals surface area contributed by atoms with Gasteiger partial charge in [0.2, 0.25) is 0 Å². The van der Waals surface area contributed by atoms with Crippen LogP contribution in [0.1, 0.15) is 16.8 Å². The molecule has 0 saturated carbocycles. The number of aryl methyl sites for hydroxylation is 2. The number of nitrogens with zero attached hydrogens (tertiary/aromatic N) is 6. The SMILES string of the molecule is Cc1ccccc1-n1nc(-c2ccc(Cl)nc2)c2c1-c1cc(CC#N)nn1CC2.